The van der Waals surface area contributed by atoms with Crippen molar-refractivity contribution in [3.05, 3.63) is 24.8 Å². The Morgan fingerprint density at radius 2 is 1.97 bits per heavy atom. The summed E-state index contributed by atoms with van der Waals surface area (Å²) in [5, 5.41) is 3.65. The van der Waals surface area contributed by atoms with Crippen molar-refractivity contribution in [3.63, 3.8) is 0 Å². The highest BCUT2D eigenvalue weighted by molar-refractivity contribution is 7.89. The lowest BCUT2D eigenvalue weighted by atomic mass is 10.1. The van der Waals surface area contributed by atoms with Crippen LogP contribution in [0.25, 0.3) is 0 Å². The summed E-state index contributed by atoms with van der Waals surface area (Å²) in [6.45, 7) is 9.73. The molecule has 1 rings (SSSR count). The van der Waals surface area contributed by atoms with Crippen molar-refractivity contribution < 1.29 is 27.5 Å². The Morgan fingerprint density at radius 3 is 2.50 bits per heavy atom. The Bertz CT molecular complexity index is 846. The van der Waals surface area contributed by atoms with Crippen LogP contribution in [0.2, 0.25) is 0 Å². The van der Waals surface area contributed by atoms with E-state index in [1.54, 1.807) is 0 Å². The van der Waals surface area contributed by atoms with Gasteiger partial charge in [0.25, 0.3) is 5.91 Å². The summed E-state index contributed by atoms with van der Waals surface area (Å²) in [6.07, 6.45) is 2.06. The van der Waals surface area contributed by atoms with Crippen molar-refractivity contribution in [2.75, 3.05) is 18.9 Å². The van der Waals surface area contributed by atoms with E-state index in [4.69, 9.17) is 39.5 Å². The lowest BCUT2D eigenvalue weighted by Crippen LogP contribution is -2.60. The van der Waals surface area contributed by atoms with E-state index >= 15 is 0 Å². The second-order valence-corrected chi connectivity index (χ2v) is 11.5. The molecule has 0 bridgehead atoms. The minimum atomic E-state index is -3.81. The van der Waals surface area contributed by atoms with E-state index < -0.39 is 56.3 Å². The molecular formula is C18H27Cl3N4O6S. The van der Waals surface area contributed by atoms with Gasteiger partial charge in [0.2, 0.25) is 19.7 Å². The Kier molecular flexibility index (Phi) is 10.9. The molecule has 0 aromatic heterocycles. The largest absolute Gasteiger partial charge is 0.460 e. The zero-order valence-corrected chi connectivity index (χ0v) is 20.8. The summed E-state index contributed by atoms with van der Waals surface area (Å²) >= 11 is 16.7. The molecule has 0 spiro atoms. The molecular weight excluding hydrogens is 507 g/mol. The third kappa shape index (κ3) is 9.63. The zero-order chi connectivity index (χ0) is 24.7. The standard InChI is InChI=1S/C18H27Cl3N4O6S/c1-5-9-32(29,30)24-14(11(2)3)15(26)22-12(4)16(27)25-8-6-7-13(23-25)17(28)31-10-18(19,20)21/h5,12-14,23-24H,1-2,6-10H2,3-4H3,(H,22,26)/t12-,13-,14-/m0/s1. The highest BCUT2D eigenvalue weighted by Crippen LogP contribution is 2.26. The first-order chi connectivity index (χ1) is 14.7. The summed E-state index contributed by atoms with van der Waals surface area (Å²) in [6, 6.07) is -3.14. The molecule has 10 nitrogen and oxygen atoms in total. The van der Waals surface area contributed by atoms with E-state index in [1.807, 2.05) is 0 Å². The third-order valence-electron chi connectivity index (χ3n) is 4.23. The van der Waals surface area contributed by atoms with Gasteiger partial charge in [0.15, 0.2) is 0 Å². The van der Waals surface area contributed by atoms with Crippen molar-refractivity contribution in [3.8, 4) is 0 Å². The SMILES string of the molecule is C=CCS(=O)(=O)N[C@@H](C(=C)C)C(=O)N[C@@H](C)C(=O)N1CCC[C@@H](C(=O)OCC(Cl)(Cl)Cl)N1. The fourth-order valence-electron chi connectivity index (χ4n) is 2.72. The van der Waals surface area contributed by atoms with Crippen LogP contribution in [0.4, 0.5) is 0 Å². The minimum absolute atomic E-state index is 0.239. The first-order valence-corrected chi connectivity index (χ1v) is 12.3. The van der Waals surface area contributed by atoms with Crippen LogP contribution in [0.1, 0.15) is 26.7 Å². The fourth-order valence-corrected chi connectivity index (χ4v) is 3.96. The Morgan fingerprint density at radius 1 is 1.34 bits per heavy atom. The van der Waals surface area contributed by atoms with Crippen LogP contribution < -0.4 is 15.5 Å². The molecule has 3 atom stereocenters. The number of alkyl halides is 3. The number of carbonyl (C=O) groups excluding carboxylic acids is 3. The molecule has 0 aromatic rings. The quantitative estimate of drug-likeness (QED) is 0.216. The van der Waals surface area contributed by atoms with Crippen LogP contribution in [-0.4, -0.2) is 72.0 Å². The molecule has 1 aliphatic heterocycles. The highest BCUT2D eigenvalue weighted by Gasteiger charge is 2.34. The molecule has 0 aromatic carbocycles. The minimum Gasteiger partial charge on any atom is -0.460 e. The van der Waals surface area contributed by atoms with Crippen LogP contribution >= 0.6 is 34.8 Å². The molecule has 0 aliphatic carbocycles. The van der Waals surface area contributed by atoms with Gasteiger partial charge in [-0.3, -0.25) is 19.4 Å². The molecule has 1 aliphatic rings. The molecule has 14 heteroatoms. The van der Waals surface area contributed by atoms with E-state index in [2.05, 4.69) is 28.6 Å². The third-order valence-corrected chi connectivity index (χ3v) is 5.83. The molecule has 32 heavy (non-hydrogen) atoms. The first kappa shape index (κ1) is 28.7. The maximum absolute atomic E-state index is 12.8. The number of nitrogens with one attached hydrogen (secondary N) is 3. The summed E-state index contributed by atoms with van der Waals surface area (Å²) < 4.78 is 29.3. The van der Waals surface area contributed by atoms with E-state index in [9.17, 15) is 22.8 Å². The number of hydrazine groups is 1. The Labute approximate surface area is 202 Å². The maximum Gasteiger partial charge on any atom is 0.325 e. The number of nitrogens with zero attached hydrogens (tertiary/aromatic N) is 1. The Balaban J connectivity index is 2.75. The van der Waals surface area contributed by atoms with Gasteiger partial charge in [-0.05, 0) is 26.7 Å². The van der Waals surface area contributed by atoms with Gasteiger partial charge in [-0.15, -0.1) is 6.58 Å². The first-order valence-electron chi connectivity index (χ1n) is 9.54. The van der Waals surface area contributed by atoms with Crippen LogP contribution in [0.15, 0.2) is 24.8 Å². The molecule has 1 heterocycles. The van der Waals surface area contributed by atoms with Crippen molar-refractivity contribution >= 4 is 62.6 Å². The van der Waals surface area contributed by atoms with Gasteiger partial charge in [-0.1, -0.05) is 53.0 Å². The summed E-state index contributed by atoms with van der Waals surface area (Å²) in [5.41, 5.74) is 2.98. The van der Waals surface area contributed by atoms with Crippen LogP contribution in [-0.2, 0) is 29.1 Å². The van der Waals surface area contributed by atoms with E-state index in [0.29, 0.717) is 12.8 Å². The topological polar surface area (TPSA) is 134 Å². The number of hydrogen-bond donors (Lipinski definition) is 3. The average Bonchev–Trinajstić information content (AvgIpc) is 2.68. The van der Waals surface area contributed by atoms with Gasteiger partial charge < -0.3 is 10.1 Å². The summed E-state index contributed by atoms with van der Waals surface area (Å²) in [7, 11) is -3.81. The lowest BCUT2D eigenvalue weighted by Gasteiger charge is -2.34. The van der Waals surface area contributed by atoms with Crippen LogP contribution in [0.3, 0.4) is 0 Å². The predicted molar refractivity (Wildman–Crippen MR) is 122 cm³/mol. The molecule has 3 N–H and O–H groups in total. The maximum atomic E-state index is 12.8. The number of esters is 1. The van der Waals surface area contributed by atoms with Crippen molar-refractivity contribution in [1.29, 1.82) is 0 Å². The van der Waals surface area contributed by atoms with E-state index in [-0.39, 0.29) is 17.9 Å². The zero-order valence-electron chi connectivity index (χ0n) is 17.7. The fraction of sp³-hybridized carbons (Fsp3) is 0.611. The van der Waals surface area contributed by atoms with Crippen LogP contribution in [0, 0.1) is 0 Å². The van der Waals surface area contributed by atoms with Crippen molar-refractivity contribution in [1.82, 2.24) is 20.5 Å². The van der Waals surface area contributed by atoms with Gasteiger partial charge in [0, 0.05) is 6.54 Å². The van der Waals surface area contributed by atoms with E-state index in [0.717, 1.165) is 0 Å². The lowest BCUT2D eigenvalue weighted by molar-refractivity contribution is -0.152. The normalized spacial score (nSPS) is 18.9. The van der Waals surface area contributed by atoms with Crippen molar-refractivity contribution in [2.45, 2.75) is 48.6 Å². The van der Waals surface area contributed by atoms with Gasteiger partial charge in [-0.2, -0.15) is 4.72 Å². The van der Waals surface area contributed by atoms with Crippen LogP contribution in [0.5, 0.6) is 0 Å². The molecule has 182 valence electrons. The number of ether oxygens (including phenoxy) is 1. The Hall–Kier alpha value is -1.37. The van der Waals surface area contributed by atoms with Gasteiger partial charge in [0.05, 0.1) is 5.75 Å². The molecule has 1 saturated heterocycles. The van der Waals surface area contributed by atoms with Gasteiger partial charge >= 0.3 is 5.97 Å². The number of sulfonamides is 1. The molecule has 2 amide bonds. The number of carbonyl (C=O) groups is 3. The monoisotopic (exact) mass is 532 g/mol. The predicted octanol–water partition coefficient (Wildman–Crippen LogP) is 0.950. The second kappa shape index (κ2) is 12.2. The summed E-state index contributed by atoms with van der Waals surface area (Å²) in [4.78, 5) is 37.5. The molecule has 0 unspecified atom stereocenters. The smallest absolute Gasteiger partial charge is 0.325 e. The number of rotatable bonds is 10. The summed E-state index contributed by atoms with van der Waals surface area (Å²) in [5.74, 6) is -2.36. The highest BCUT2D eigenvalue weighted by atomic mass is 35.6. The van der Waals surface area contributed by atoms with Crippen molar-refractivity contribution in [2.24, 2.45) is 0 Å². The average molecular weight is 534 g/mol. The van der Waals surface area contributed by atoms with Gasteiger partial charge in [0.1, 0.15) is 24.7 Å². The second-order valence-electron chi connectivity index (χ2n) is 7.23. The number of hydrogen-bond acceptors (Lipinski definition) is 7. The number of halogens is 3. The van der Waals surface area contributed by atoms with Gasteiger partial charge in [-0.25, -0.2) is 13.8 Å². The molecule has 0 saturated carbocycles. The molecule has 0 radical (unpaired) electrons. The molecule has 1 fully saturated rings. The van der Waals surface area contributed by atoms with E-state index in [1.165, 1.54) is 24.9 Å². The number of amides is 2.